The summed E-state index contributed by atoms with van der Waals surface area (Å²) in [4.78, 5) is 9.86. The van der Waals surface area contributed by atoms with Crippen LogP contribution in [0.4, 0.5) is 0 Å². The van der Waals surface area contributed by atoms with Crippen LogP contribution in [0.15, 0.2) is 18.6 Å². The zero-order valence-electron chi connectivity index (χ0n) is 10.4. The average molecular weight is 247 g/mol. The SMILES string of the molecule is Cc1[nH]cnc1CN1CCOCC1c1ccn[nH]1. The van der Waals surface area contributed by atoms with Crippen molar-refractivity contribution in [1.29, 1.82) is 0 Å². The van der Waals surface area contributed by atoms with Crippen molar-refractivity contribution in [2.45, 2.75) is 19.5 Å². The zero-order chi connectivity index (χ0) is 12.4. The van der Waals surface area contributed by atoms with Gasteiger partial charge in [0.25, 0.3) is 0 Å². The fourth-order valence-electron chi connectivity index (χ4n) is 2.30. The van der Waals surface area contributed by atoms with E-state index in [2.05, 4.69) is 25.1 Å². The van der Waals surface area contributed by atoms with E-state index in [4.69, 9.17) is 4.74 Å². The van der Waals surface area contributed by atoms with Gasteiger partial charge in [0.1, 0.15) is 0 Å². The van der Waals surface area contributed by atoms with Gasteiger partial charge in [-0.25, -0.2) is 4.98 Å². The van der Waals surface area contributed by atoms with Gasteiger partial charge in [0, 0.05) is 25.0 Å². The van der Waals surface area contributed by atoms with E-state index in [0.717, 1.165) is 36.8 Å². The van der Waals surface area contributed by atoms with Crippen LogP contribution in [0.2, 0.25) is 0 Å². The molecule has 1 saturated heterocycles. The highest BCUT2D eigenvalue weighted by molar-refractivity contribution is 5.11. The highest BCUT2D eigenvalue weighted by atomic mass is 16.5. The lowest BCUT2D eigenvalue weighted by molar-refractivity contribution is -0.0148. The van der Waals surface area contributed by atoms with Crippen LogP contribution in [0, 0.1) is 6.92 Å². The Kier molecular flexibility index (Phi) is 3.12. The lowest BCUT2D eigenvalue weighted by Crippen LogP contribution is -2.39. The van der Waals surface area contributed by atoms with E-state index in [1.54, 1.807) is 12.5 Å². The second-order valence-corrected chi connectivity index (χ2v) is 4.55. The first kappa shape index (κ1) is 11.4. The number of nitrogens with zero attached hydrogens (tertiary/aromatic N) is 3. The van der Waals surface area contributed by atoms with Gasteiger partial charge in [0.05, 0.1) is 37.0 Å². The van der Waals surface area contributed by atoms with E-state index < -0.39 is 0 Å². The Morgan fingerprint density at radius 3 is 3.22 bits per heavy atom. The van der Waals surface area contributed by atoms with Crippen molar-refractivity contribution in [1.82, 2.24) is 25.1 Å². The Morgan fingerprint density at radius 1 is 1.56 bits per heavy atom. The normalized spacial score (nSPS) is 21.3. The van der Waals surface area contributed by atoms with Crippen molar-refractivity contribution >= 4 is 0 Å². The molecule has 6 nitrogen and oxygen atoms in total. The van der Waals surface area contributed by atoms with Crippen molar-refractivity contribution in [2.75, 3.05) is 19.8 Å². The number of nitrogens with one attached hydrogen (secondary N) is 2. The third kappa shape index (κ3) is 2.16. The highest BCUT2D eigenvalue weighted by Gasteiger charge is 2.26. The van der Waals surface area contributed by atoms with E-state index in [-0.39, 0.29) is 6.04 Å². The minimum absolute atomic E-state index is 0.234. The topological polar surface area (TPSA) is 69.8 Å². The number of hydrogen-bond acceptors (Lipinski definition) is 4. The summed E-state index contributed by atoms with van der Waals surface area (Å²) in [5.41, 5.74) is 3.33. The lowest BCUT2D eigenvalue weighted by Gasteiger charge is -2.34. The van der Waals surface area contributed by atoms with Crippen molar-refractivity contribution in [3.8, 4) is 0 Å². The maximum atomic E-state index is 5.57. The quantitative estimate of drug-likeness (QED) is 0.849. The molecule has 0 amide bonds. The molecule has 1 aliphatic heterocycles. The molecule has 3 heterocycles. The van der Waals surface area contributed by atoms with Gasteiger partial charge in [-0.2, -0.15) is 5.10 Å². The molecular weight excluding hydrogens is 230 g/mol. The first-order chi connectivity index (χ1) is 8.84. The number of aromatic nitrogens is 4. The molecule has 2 N–H and O–H groups in total. The maximum absolute atomic E-state index is 5.57. The van der Waals surface area contributed by atoms with E-state index in [1.165, 1.54) is 0 Å². The number of morpholine rings is 1. The number of ether oxygens (including phenoxy) is 1. The monoisotopic (exact) mass is 247 g/mol. The molecule has 0 aromatic carbocycles. The first-order valence-corrected chi connectivity index (χ1v) is 6.14. The van der Waals surface area contributed by atoms with E-state index >= 15 is 0 Å². The Hall–Kier alpha value is -1.66. The van der Waals surface area contributed by atoms with Gasteiger partial charge < -0.3 is 9.72 Å². The van der Waals surface area contributed by atoms with Gasteiger partial charge in [0.2, 0.25) is 0 Å². The molecule has 1 unspecified atom stereocenters. The predicted molar refractivity (Wildman–Crippen MR) is 65.9 cm³/mol. The second kappa shape index (κ2) is 4.91. The van der Waals surface area contributed by atoms with Gasteiger partial charge in [-0.3, -0.25) is 10.00 Å². The molecule has 96 valence electrons. The fourth-order valence-corrected chi connectivity index (χ4v) is 2.30. The Bertz CT molecular complexity index is 492. The Morgan fingerprint density at radius 2 is 2.50 bits per heavy atom. The summed E-state index contributed by atoms with van der Waals surface area (Å²) in [6.07, 6.45) is 3.53. The molecule has 1 aliphatic rings. The summed E-state index contributed by atoms with van der Waals surface area (Å²) in [5.74, 6) is 0. The molecule has 0 radical (unpaired) electrons. The van der Waals surface area contributed by atoms with Gasteiger partial charge in [-0.15, -0.1) is 0 Å². The highest BCUT2D eigenvalue weighted by Crippen LogP contribution is 2.24. The van der Waals surface area contributed by atoms with Gasteiger partial charge in [-0.05, 0) is 13.0 Å². The van der Waals surface area contributed by atoms with Crippen LogP contribution in [0.3, 0.4) is 0 Å². The molecule has 1 atom stereocenters. The molecule has 0 saturated carbocycles. The molecule has 0 bridgehead atoms. The Labute approximate surface area is 105 Å². The summed E-state index contributed by atoms with van der Waals surface area (Å²) in [5, 5.41) is 7.05. The van der Waals surface area contributed by atoms with Crippen LogP contribution < -0.4 is 0 Å². The zero-order valence-corrected chi connectivity index (χ0v) is 10.4. The largest absolute Gasteiger partial charge is 0.378 e. The standard InChI is InChI=1S/C12H17N5O/c1-9-11(14-8-13-9)6-17-4-5-18-7-12(17)10-2-3-15-16-10/h2-3,8,12H,4-7H2,1H3,(H,13,14)(H,15,16). The number of rotatable bonds is 3. The summed E-state index contributed by atoms with van der Waals surface area (Å²) in [6.45, 7) is 5.27. The molecule has 18 heavy (non-hydrogen) atoms. The molecule has 2 aromatic rings. The van der Waals surface area contributed by atoms with E-state index in [0.29, 0.717) is 6.61 Å². The lowest BCUT2D eigenvalue weighted by atomic mass is 10.1. The van der Waals surface area contributed by atoms with Crippen LogP contribution in [0.5, 0.6) is 0 Å². The van der Waals surface area contributed by atoms with Gasteiger partial charge >= 0.3 is 0 Å². The van der Waals surface area contributed by atoms with Crippen LogP contribution in [0.1, 0.15) is 23.1 Å². The third-order valence-corrected chi connectivity index (χ3v) is 3.41. The van der Waals surface area contributed by atoms with Crippen LogP contribution in [-0.2, 0) is 11.3 Å². The number of imidazole rings is 1. The van der Waals surface area contributed by atoms with Crippen molar-refractivity contribution in [2.24, 2.45) is 0 Å². The molecule has 2 aromatic heterocycles. The third-order valence-electron chi connectivity index (χ3n) is 3.41. The Balaban J connectivity index is 1.78. The van der Waals surface area contributed by atoms with Crippen LogP contribution in [0.25, 0.3) is 0 Å². The molecule has 3 rings (SSSR count). The summed E-state index contributed by atoms with van der Waals surface area (Å²) < 4.78 is 5.57. The summed E-state index contributed by atoms with van der Waals surface area (Å²) >= 11 is 0. The fraction of sp³-hybridized carbons (Fsp3) is 0.500. The van der Waals surface area contributed by atoms with Crippen LogP contribution >= 0.6 is 0 Å². The number of H-pyrrole nitrogens is 2. The second-order valence-electron chi connectivity index (χ2n) is 4.55. The molecular formula is C12H17N5O. The number of aryl methyl sites for hydroxylation is 1. The predicted octanol–water partition coefficient (Wildman–Crippen LogP) is 1.01. The maximum Gasteiger partial charge on any atom is 0.0925 e. The first-order valence-electron chi connectivity index (χ1n) is 6.14. The molecule has 1 fully saturated rings. The van der Waals surface area contributed by atoms with Gasteiger partial charge in [0.15, 0.2) is 0 Å². The molecule has 0 spiro atoms. The number of hydrogen-bond donors (Lipinski definition) is 2. The van der Waals surface area contributed by atoms with Crippen molar-refractivity contribution in [3.63, 3.8) is 0 Å². The molecule has 6 heteroatoms. The van der Waals surface area contributed by atoms with Crippen molar-refractivity contribution in [3.05, 3.63) is 35.7 Å². The summed E-state index contributed by atoms with van der Waals surface area (Å²) in [6, 6.07) is 2.24. The van der Waals surface area contributed by atoms with E-state index in [1.807, 2.05) is 13.0 Å². The summed E-state index contributed by atoms with van der Waals surface area (Å²) in [7, 11) is 0. The van der Waals surface area contributed by atoms with Crippen LogP contribution in [-0.4, -0.2) is 44.8 Å². The average Bonchev–Trinajstić information content (AvgIpc) is 3.03. The number of aromatic amines is 2. The van der Waals surface area contributed by atoms with E-state index in [9.17, 15) is 0 Å². The van der Waals surface area contributed by atoms with Crippen molar-refractivity contribution < 1.29 is 4.74 Å². The smallest absolute Gasteiger partial charge is 0.0925 e. The minimum Gasteiger partial charge on any atom is -0.378 e. The molecule has 0 aliphatic carbocycles. The minimum atomic E-state index is 0.234. The van der Waals surface area contributed by atoms with Gasteiger partial charge in [-0.1, -0.05) is 0 Å².